The van der Waals surface area contributed by atoms with Gasteiger partial charge in [-0.1, -0.05) is 59.5 Å². The normalized spacial score (nSPS) is 17.3. The van der Waals surface area contributed by atoms with Crippen LogP contribution in [0.5, 0.6) is 11.5 Å². The van der Waals surface area contributed by atoms with Gasteiger partial charge in [-0.05, 0) is 84.5 Å². The summed E-state index contributed by atoms with van der Waals surface area (Å²) < 4.78 is 12.4. The van der Waals surface area contributed by atoms with E-state index in [0.717, 1.165) is 15.1 Å². The van der Waals surface area contributed by atoms with Gasteiger partial charge in [0.1, 0.15) is 30.3 Å². The molecule has 1 saturated carbocycles. The molecular formula is C31H29BrN2O5. The lowest BCUT2D eigenvalue weighted by atomic mass is 9.84. The quantitative estimate of drug-likeness (QED) is 0.181. The maximum Gasteiger partial charge on any atom is 0.335 e. The van der Waals surface area contributed by atoms with Crippen molar-refractivity contribution in [3.8, 4) is 11.5 Å². The molecule has 39 heavy (non-hydrogen) atoms. The number of nitrogens with one attached hydrogen (secondary N) is 1. The predicted molar refractivity (Wildman–Crippen MR) is 153 cm³/mol. The third-order valence-electron chi connectivity index (χ3n) is 6.96. The van der Waals surface area contributed by atoms with E-state index < -0.39 is 17.8 Å². The summed E-state index contributed by atoms with van der Waals surface area (Å²) in [5.41, 5.74) is 2.26. The SMILES string of the molecule is O=C1NC(=O)N(c2ccc(Br)cc2)C(=O)/C1=C\c1ccc(OCCOc2ccc(C3CCCCC3)cc2)cc1. The van der Waals surface area contributed by atoms with E-state index >= 15 is 0 Å². The number of ether oxygens (including phenoxy) is 2. The van der Waals surface area contributed by atoms with E-state index in [9.17, 15) is 14.4 Å². The van der Waals surface area contributed by atoms with Crippen molar-refractivity contribution >= 4 is 45.5 Å². The summed E-state index contributed by atoms with van der Waals surface area (Å²) in [5, 5.41) is 2.23. The van der Waals surface area contributed by atoms with Gasteiger partial charge in [-0.15, -0.1) is 0 Å². The van der Waals surface area contributed by atoms with Crippen molar-refractivity contribution in [1.82, 2.24) is 5.32 Å². The lowest BCUT2D eigenvalue weighted by Gasteiger charge is -2.26. The zero-order valence-corrected chi connectivity index (χ0v) is 23.0. The topological polar surface area (TPSA) is 84.9 Å². The number of carbonyl (C=O) groups excluding carboxylic acids is 3. The highest BCUT2D eigenvalue weighted by Gasteiger charge is 2.36. The molecule has 0 atom stereocenters. The average Bonchev–Trinajstić information content (AvgIpc) is 2.96. The van der Waals surface area contributed by atoms with Gasteiger partial charge in [-0.25, -0.2) is 9.69 Å². The minimum Gasteiger partial charge on any atom is -0.490 e. The maximum atomic E-state index is 13.0. The van der Waals surface area contributed by atoms with Crippen molar-refractivity contribution in [3.05, 3.63) is 94.0 Å². The average molecular weight is 589 g/mol. The third-order valence-corrected chi connectivity index (χ3v) is 7.48. The molecule has 2 aliphatic rings. The number of imide groups is 2. The fourth-order valence-electron chi connectivity index (χ4n) is 4.90. The molecule has 0 radical (unpaired) electrons. The molecule has 5 rings (SSSR count). The van der Waals surface area contributed by atoms with E-state index in [1.54, 1.807) is 48.5 Å². The Hall–Kier alpha value is -3.91. The number of halogens is 1. The fraction of sp³-hybridized carbons (Fsp3) is 0.258. The molecule has 2 fully saturated rings. The molecule has 0 unspecified atom stereocenters. The van der Waals surface area contributed by atoms with Crippen LogP contribution in [0.15, 0.2) is 82.8 Å². The van der Waals surface area contributed by atoms with E-state index in [0.29, 0.717) is 36.1 Å². The van der Waals surface area contributed by atoms with Crippen molar-refractivity contribution in [2.75, 3.05) is 18.1 Å². The zero-order valence-electron chi connectivity index (χ0n) is 21.4. The minimum atomic E-state index is -0.782. The number of nitrogens with zero attached hydrogens (tertiary/aromatic N) is 1. The first-order valence-corrected chi connectivity index (χ1v) is 13.9. The number of amides is 4. The van der Waals surface area contributed by atoms with Crippen LogP contribution in [-0.2, 0) is 9.59 Å². The molecule has 0 spiro atoms. The van der Waals surface area contributed by atoms with Gasteiger partial charge in [-0.2, -0.15) is 0 Å². The smallest absolute Gasteiger partial charge is 0.335 e. The fourth-order valence-corrected chi connectivity index (χ4v) is 5.16. The summed E-state index contributed by atoms with van der Waals surface area (Å²) in [7, 11) is 0. The first-order chi connectivity index (χ1) is 19.0. The van der Waals surface area contributed by atoms with E-state index in [1.165, 1.54) is 43.7 Å². The lowest BCUT2D eigenvalue weighted by molar-refractivity contribution is -0.122. The molecule has 200 valence electrons. The number of hydrogen-bond donors (Lipinski definition) is 1. The van der Waals surface area contributed by atoms with Crippen molar-refractivity contribution in [2.45, 2.75) is 38.0 Å². The number of carbonyl (C=O) groups is 3. The van der Waals surface area contributed by atoms with Crippen LogP contribution < -0.4 is 19.7 Å². The minimum absolute atomic E-state index is 0.130. The molecule has 1 aliphatic heterocycles. The molecular weight excluding hydrogens is 560 g/mol. The molecule has 3 aromatic carbocycles. The van der Waals surface area contributed by atoms with E-state index in [2.05, 4.69) is 33.4 Å². The molecule has 3 aromatic rings. The Morgan fingerprint density at radius 3 is 2.00 bits per heavy atom. The van der Waals surface area contributed by atoms with Crippen LogP contribution in [0.1, 0.15) is 49.1 Å². The van der Waals surface area contributed by atoms with Crippen LogP contribution in [0, 0.1) is 0 Å². The maximum absolute atomic E-state index is 13.0. The molecule has 4 amide bonds. The second-order valence-electron chi connectivity index (χ2n) is 9.60. The van der Waals surface area contributed by atoms with Gasteiger partial charge >= 0.3 is 6.03 Å². The summed E-state index contributed by atoms with van der Waals surface area (Å²) in [6, 6.07) is 21.3. The predicted octanol–water partition coefficient (Wildman–Crippen LogP) is 6.62. The van der Waals surface area contributed by atoms with Gasteiger partial charge in [0, 0.05) is 4.47 Å². The second-order valence-corrected chi connectivity index (χ2v) is 10.5. The van der Waals surface area contributed by atoms with Crippen molar-refractivity contribution < 1.29 is 23.9 Å². The molecule has 8 heteroatoms. The van der Waals surface area contributed by atoms with E-state index in [-0.39, 0.29) is 5.57 Å². The van der Waals surface area contributed by atoms with Gasteiger partial charge in [0.05, 0.1) is 5.69 Å². The number of barbiturate groups is 1. The zero-order chi connectivity index (χ0) is 27.2. The Morgan fingerprint density at radius 1 is 0.795 bits per heavy atom. The second kappa shape index (κ2) is 12.3. The summed E-state index contributed by atoms with van der Waals surface area (Å²) >= 11 is 3.33. The summed E-state index contributed by atoms with van der Waals surface area (Å²) in [4.78, 5) is 38.7. The van der Waals surface area contributed by atoms with Crippen LogP contribution in [0.2, 0.25) is 0 Å². The van der Waals surface area contributed by atoms with Crippen LogP contribution in [-0.4, -0.2) is 31.1 Å². The first-order valence-electron chi connectivity index (χ1n) is 13.1. The van der Waals surface area contributed by atoms with Crippen molar-refractivity contribution in [1.29, 1.82) is 0 Å². The molecule has 1 saturated heterocycles. The molecule has 1 heterocycles. The van der Waals surface area contributed by atoms with Crippen LogP contribution >= 0.6 is 15.9 Å². The number of benzene rings is 3. The Labute approximate surface area is 235 Å². The van der Waals surface area contributed by atoms with Gasteiger partial charge in [0.25, 0.3) is 11.8 Å². The number of urea groups is 1. The highest BCUT2D eigenvalue weighted by molar-refractivity contribution is 9.10. The van der Waals surface area contributed by atoms with Crippen LogP contribution in [0.4, 0.5) is 10.5 Å². The molecule has 1 aliphatic carbocycles. The molecule has 0 bridgehead atoms. The standard InChI is InChI=1S/C31H29BrN2O5/c32-24-10-12-25(13-11-24)34-30(36)28(29(35)33-31(34)37)20-21-6-14-26(15-7-21)38-18-19-39-27-16-8-23(9-17-27)22-4-2-1-3-5-22/h6-17,20,22H,1-5,18-19H2,(H,33,35,37)/b28-20-. The summed E-state index contributed by atoms with van der Waals surface area (Å²) in [6.45, 7) is 0.777. The molecule has 0 aromatic heterocycles. The Kier molecular flexibility index (Phi) is 8.42. The van der Waals surface area contributed by atoms with E-state index in [4.69, 9.17) is 9.47 Å². The van der Waals surface area contributed by atoms with Gasteiger partial charge in [0.15, 0.2) is 0 Å². The van der Waals surface area contributed by atoms with Crippen LogP contribution in [0.3, 0.4) is 0 Å². The van der Waals surface area contributed by atoms with Crippen molar-refractivity contribution in [3.63, 3.8) is 0 Å². The Bertz CT molecular complexity index is 1360. The lowest BCUT2D eigenvalue weighted by Crippen LogP contribution is -2.54. The van der Waals surface area contributed by atoms with Crippen LogP contribution in [0.25, 0.3) is 6.08 Å². The van der Waals surface area contributed by atoms with Gasteiger partial charge in [0.2, 0.25) is 0 Å². The molecule has 1 N–H and O–H groups in total. The first kappa shape index (κ1) is 26.7. The van der Waals surface area contributed by atoms with E-state index in [1.807, 2.05) is 12.1 Å². The molecule has 7 nitrogen and oxygen atoms in total. The largest absolute Gasteiger partial charge is 0.490 e. The number of hydrogen-bond acceptors (Lipinski definition) is 5. The summed E-state index contributed by atoms with van der Waals surface area (Å²) in [6.07, 6.45) is 8.00. The number of rotatable bonds is 8. The Morgan fingerprint density at radius 2 is 1.38 bits per heavy atom. The highest BCUT2D eigenvalue weighted by Crippen LogP contribution is 2.33. The number of anilines is 1. The van der Waals surface area contributed by atoms with Crippen molar-refractivity contribution in [2.24, 2.45) is 0 Å². The van der Waals surface area contributed by atoms with Gasteiger partial charge in [-0.3, -0.25) is 14.9 Å². The monoisotopic (exact) mass is 588 g/mol. The summed E-state index contributed by atoms with van der Waals surface area (Å²) in [5.74, 6) is 0.719. The highest BCUT2D eigenvalue weighted by atomic mass is 79.9. The van der Waals surface area contributed by atoms with Gasteiger partial charge < -0.3 is 9.47 Å². The Balaban J connectivity index is 1.15. The third kappa shape index (κ3) is 6.57.